The molecule has 1 rings (SSSR count). The number of carbonyl (C=O) groups excluding carboxylic acids is 1. The highest BCUT2D eigenvalue weighted by Gasteiger charge is 2.23. The van der Waals surface area contributed by atoms with Gasteiger partial charge in [-0.05, 0) is 43.0 Å². The maximum Gasteiger partial charge on any atom is 0.326 e. The van der Waals surface area contributed by atoms with Crippen molar-refractivity contribution in [2.75, 3.05) is 6.61 Å². The van der Waals surface area contributed by atoms with Crippen LogP contribution in [0.15, 0.2) is 18.2 Å². The molecule has 5 heteroatoms. The Morgan fingerprint density at radius 1 is 1.25 bits per heavy atom. The number of rotatable bonds is 6. The molecular formula is C15H21NO4. The molecule has 0 saturated carbocycles. The van der Waals surface area contributed by atoms with Crippen LogP contribution in [0, 0.1) is 19.8 Å². The molecule has 0 aliphatic rings. The average molecular weight is 279 g/mol. The summed E-state index contributed by atoms with van der Waals surface area (Å²) in [5, 5.41) is 11.4. The van der Waals surface area contributed by atoms with Gasteiger partial charge in [-0.15, -0.1) is 0 Å². The predicted octanol–water partition coefficient (Wildman–Crippen LogP) is 1.91. The largest absolute Gasteiger partial charge is 0.484 e. The van der Waals surface area contributed by atoms with Gasteiger partial charge in [-0.1, -0.05) is 19.9 Å². The van der Waals surface area contributed by atoms with E-state index in [9.17, 15) is 9.59 Å². The number of nitrogens with one attached hydrogen (secondary N) is 1. The van der Waals surface area contributed by atoms with Gasteiger partial charge in [0.05, 0.1) is 0 Å². The Kier molecular flexibility index (Phi) is 5.55. The van der Waals surface area contributed by atoms with E-state index >= 15 is 0 Å². The molecule has 0 aliphatic heterocycles. The number of amides is 1. The molecule has 1 amide bonds. The zero-order valence-corrected chi connectivity index (χ0v) is 12.3. The van der Waals surface area contributed by atoms with Crippen LogP contribution in [-0.4, -0.2) is 29.6 Å². The summed E-state index contributed by atoms with van der Waals surface area (Å²) in [6.07, 6.45) is 0. The van der Waals surface area contributed by atoms with Crippen molar-refractivity contribution in [2.24, 2.45) is 5.92 Å². The Hall–Kier alpha value is -2.04. The minimum absolute atomic E-state index is 0.182. The van der Waals surface area contributed by atoms with Gasteiger partial charge in [0.2, 0.25) is 0 Å². The molecule has 0 fully saturated rings. The van der Waals surface area contributed by atoms with E-state index in [2.05, 4.69) is 5.32 Å². The number of hydrogen-bond donors (Lipinski definition) is 2. The third kappa shape index (κ3) is 4.57. The van der Waals surface area contributed by atoms with E-state index in [4.69, 9.17) is 9.84 Å². The highest BCUT2D eigenvalue weighted by Crippen LogP contribution is 2.16. The monoisotopic (exact) mass is 279 g/mol. The van der Waals surface area contributed by atoms with Crippen molar-refractivity contribution < 1.29 is 19.4 Å². The number of hydrogen-bond acceptors (Lipinski definition) is 3. The van der Waals surface area contributed by atoms with Crippen LogP contribution < -0.4 is 10.1 Å². The molecule has 0 aliphatic carbocycles. The number of aliphatic carboxylic acids is 1. The van der Waals surface area contributed by atoms with Crippen LogP contribution in [0.5, 0.6) is 5.75 Å². The molecule has 1 aromatic rings. The number of aryl methyl sites for hydroxylation is 2. The third-order valence-corrected chi connectivity index (χ3v) is 3.10. The zero-order valence-electron chi connectivity index (χ0n) is 12.3. The lowest BCUT2D eigenvalue weighted by Gasteiger charge is -2.18. The van der Waals surface area contributed by atoms with Gasteiger partial charge in [0.25, 0.3) is 5.91 Å². The van der Waals surface area contributed by atoms with E-state index in [0.29, 0.717) is 5.75 Å². The number of benzene rings is 1. The van der Waals surface area contributed by atoms with E-state index in [0.717, 1.165) is 11.1 Å². The second-order valence-corrected chi connectivity index (χ2v) is 5.16. The van der Waals surface area contributed by atoms with Crippen molar-refractivity contribution >= 4 is 11.9 Å². The second-order valence-electron chi connectivity index (χ2n) is 5.16. The van der Waals surface area contributed by atoms with Gasteiger partial charge < -0.3 is 15.2 Å². The average Bonchev–Trinajstić information content (AvgIpc) is 2.36. The van der Waals surface area contributed by atoms with Crippen LogP contribution in [0.25, 0.3) is 0 Å². The maximum atomic E-state index is 11.7. The standard InChI is InChI=1S/C15H21NO4/c1-9(2)14(15(18)19)16-13(17)8-20-12-6-5-10(3)11(4)7-12/h5-7,9,14H,8H2,1-4H3,(H,16,17)(H,18,19)/t14-/m1/s1. The van der Waals surface area contributed by atoms with E-state index in [1.54, 1.807) is 19.9 Å². The SMILES string of the molecule is Cc1ccc(OCC(=O)N[C@@H](C(=O)O)C(C)C)cc1C. The number of carboxylic acids is 1. The Balaban J connectivity index is 2.54. The molecule has 0 bridgehead atoms. The Morgan fingerprint density at radius 3 is 2.40 bits per heavy atom. The summed E-state index contributed by atoms with van der Waals surface area (Å²) >= 11 is 0. The predicted molar refractivity (Wildman–Crippen MR) is 75.8 cm³/mol. The first kappa shape index (κ1) is 16.0. The van der Waals surface area contributed by atoms with Gasteiger partial charge in [0, 0.05) is 0 Å². The Labute approximate surface area is 118 Å². The van der Waals surface area contributed by atoms with E-state index in [-0.39, 0.29) is 12.5 Å². The normalized spacial score (nSPS) is 12.1. The summed E-state index contributed by atoms with van der Waals surface area (Å²) in [5.74, 6) is -1.07. The molecule has 1 atom stereocenters. The minimum Gasteiger partial charge on any atom is -0.484 e. The molecule has 0 heterocycles. The summed E-state index contributed by atoms with van der Waals surface area (Å²) in [4.78, 5) is 22.7. The lowest BCUT2D eigenvalue weighted by Crippen LogP contribution is -2.46. The first-order valence-electron chi connectivity index (χ1n) is 6.53. The second kappa shape index (κ2) is 6.93. The fourth-order valence-electron chi connectivity index (χ4n) is 1.68. The van der Waals surface area contributed by atoms with Gasteiger partial charge in [-0.2, -0.15) is 0 Å². The zero-order chi connectivity index (χ0) is 15.3. The van der Waals surface area contributed by atoms with Crippen LogP contribution in [0.4, 0.5) is 0 Å². The number of ether oxygens (including phenoxy) is 1. The van der Waals surface area contributed by atoms with E-state index in [1.165, 1.54) is 0 Å². The molecule has 2 N–H and O–H groups in total. The topological polar surface area (TPSA) is 75.6 Å². The molecule has 0 unspecified atom stereocenters. The van der Waals surface area contributed by atoms with Gasteiger partial charge in [-0.25, -0.2) is 4.79 Å². The van der Waals surface area contributed by atoms with Crippen molar-refractivity contribution in [3.63, 3.8) is 0 Å². The Morgan fingerprint density at radius 2 is 1.90 bits per heavy atom. The third-order valence-electron chi connectivity index (χ3n) is 3.10. The van der Waals surface area contributed by atoms with Crippen molar-refractivity contribution in [3.05, 3.63) is 29.3 Å². The van der Waals surface area contributed by atoms with Crippen LogP contribution in [0.1, 0.15) is 25.0 Å². The van der Waals surface area contributed by atoms with Gasteiger partial charge in [0.1, 0.15) is 11.8 Å². The summed E-state index contributed by atoms with van der Waals surface area (Å²) in [6, 6.07) is 4.65. The van der Waals surface area contributed by atoms with Crippen LogP contribution in [0.3, 0.4) is 0 Å². The molecule has 0 saturated heterocycles. The maximum absolute atomic E-state index is 11.7. The first-order valence-corrected chi connectivity index (χ1v) is 6.53. The lowest BCUT2D eigenvalue weighted by atomic mass is 10.1. The van der Waals surface area contributed by atoms with Crippen LogP contribution >= 0.6 is 0 Å². The summed E-state index contributed by atoms with van der Waals surface area (Å²) < 4.78 is 5.36. The smallest absolute Gasteiger partial charge is 0.326 e. The lowest BCUT2D eigenvalue weighted by molar-refractivity contribution is -0.143. The van der Waals surface area contributed by atoms with Crippen molar-refractivity contribution in [1.29, 1.82) is 0 Å². The molecule has 0 radical (unpaired) electrons. The quantitative estimate of drug-likeness (QED) is 0.834. The van der Waals surface area contributed by atoms with Crippen LogP contribution in [-0.2, 0) is 9.59 Å². The highest BCUT2D eigenvalue weighted by molar-refractivity contribution is 5.84. The molecule has 110 valence electrons. The van der Waals surface area contributed by atoms with E-state index in [1.807, 2.05) is 26.0 Å². The molecule has 1 aromatic carbocycles. The minimum atomic E-state index is -1.04. The molecule has 0 spiro atoms. The van der Waals surface area contributed by atoms with Gasteiger partial charge >= 0.3 is 5.97 Å². The van der Waals surface area contributed by atoms with Crippen LogP contribution in [0.2, 0.25) is 0 Å². The molecule has 0 aromatic heterocycles. The summed E-state index contributed by atoms with van der Waals surface area (Å²) in [5.41, 5.74) is 2.22. The molecular weight excluding hydrogens is 258 g/mol. The summed E-state index contributed by atoms with van der Waals surface area (Å²) in [6.45, 7) is 7.24. The fourth-order valence-corrected chi connectivity index (χ4v) is 1.68. The van der Waals surface area contributed by atoms with E-state index < -0.39 is 17.9 Å². The first-order chi connectivity index (χ1) is 9.31. The summed E-state index contributed by atoms with van der Waals surface area (Å²) in [7, 11) is 0. The van der Waals surface area contributed by atoms with Crippen molar-refractivity contribution in [3.8, 4) is 5.75 Å². The highest BCUT2D eigenvalue weighted by atomic mass is 16.5. The number of carboxylic acid groups (broad SMARTS) is 1. The fraction of sp³-hybridized carbons (Fsp3) is 0.467. The Bertz CT molecular complexity index is 497. The molecule has 5 nitrogen and oxygen atoms in total. The van der Waals surface area contributed by atoms with Crippen molar-refractivity contribution in [1.82, 2.24) is 5.32 Å². The van der Waals surface area contributed by atoms with Gasteiger partial charge in [-0.3, -0.25) is 4.79 Å². The number of carbonyl (C=O) groups is 2. The van der Waals surface area contributed by atoms with Gasteiger partial charge in [0.15, 0.2) is 6.61 Å². The van der Waals surface area contributed by atoms with Crippen molar-refractivity contribution in [2.45, 2.75) is 33.7 Å². The molecule has 20 heavy (non-hydrogen) atoms.